The highest BCUT2D eigenvalue weighted by Gasteiger charge is 2.20. The van der Waals surface area contributed by atoms with E-state index in [1.165, 1.54) is 0 Å². The molecule has 0 amide bonds. The number of ether oxygens (including phenoxy) is 1. The number of nitrogens with zero attached hydrogens (tertiary/aromatic N) is 1. The molecule has 0 N–H and O–H groups in total. The number of rotatable bonds is 0. The molecular formula is C9H7NOS. The largest absolute Gasteiger partial charge is 0.450 e. The van der Waals surface area contributed by atoms with E-state index in [0.717, 1.165) is 12.1 Å². The minimum Gasteiger partial charge on any atom is -0.450 e. The van der Waals surface area contributed by atoms with Crippen LogP contribution in [0.25, 0.3) is 0 Å². The van der Waals surface area contributed by atoms with E-state index in [-0.39, 0.29) is 6.10 Å². The maximum Gasteiger partial charge on any atom is 0.249 e. The first-order chi connectivity index (χ1) is 5.86. The molecule has 1 heterocycles. The third kappa shape index (κ3) is 1.39. The van der Waals surface area contributed by atoms with Gasteiger partial charge in [-0.3, -0.25) is 0 Å². The van der Waals surface area contributed by atoms with E-state index in [2.05, 4.69) is 29.5 Å². The predicted molar refractivity (Wildman–Crippen MR) is 50.9 cm³/mol. The molecule has 2 aliphatic rings. The molecule has 0 spiro atoms. The van der Waals surface area contributed by atoms with Crippen LogP contribution in [0, 0.1) is 11.8 Å². The summed E-state index contributed by atoms with van der Waals surface area (Å²) in [5.41, 5.74) is 0.837. The van der Waals surface area contributed by atoms with Crippen molar-refractivity contribution in [2.45, 2.75) is 12.5 Å². The summed E-state index contributed by atoms with van der Waals surface area (Å²) in [4.78, 5) is 4.08. The molecule has 1 unspecified atom stereocenters. The summed E-state index contributed by atoms with van der Waals surface area (Å²) in [5, 5.41) is 0.399. The van der Waals surface area contributed by atoms with Crippen molar-refractivity contribution in [3.8, 4) is 11.8 Å². The van der Waals surface area contributed by atoms with Crippen LogP contribution in [0.15, 0.2) is 28.9 Å². The maximum absolute atomic E-state index is 5.24. The van der Waals surface area contributed by atoms with E-state index in [4.69, 9.17) is 4.74 Å². The van der Waals surface area contributed by atoms with Gasteiger partial charge >= 0.3 is 0 Å². The molecular weight excluding hydrogens is 170 g/mol. The molecule has 0 aromatic heterocycles. The van der Waals surface area contributed by atoms with Crippen LogP contribution in [0.5, 0.6) is 0 Å². The van der Waals surface area contributed by atoms with Crippen LogP contribution in [0.2, 0.25) is 0 Å². The lowest BCUT2D eigenvalue weighted by Gasteiger charge is -2.02. The fourth-order valence-corrected chi connectivity index (χ4v) is 1.26. The van der Waals surface area contributed by atoms with Gasteiger partial charge in [-0.05, 0) is 6.08 Å². The quantitative estimate of drug-likeness (QED) is 0.439. The van der Waals surface area contributed by atoms with Crippen LogP contribution >= 0.6 is 12.6 Å². The summed E-state index contributed by atoms with van der Waals surface area (Å²) >= 11 is 4.01. The maximum atomic E-state index is 5.24. The van der Waals surface area contributed by atoms with Crippen molar-refractivity contribution in [2.75, 3.05) is 0 Å². The number of aliphatic imine (C=N–C) groups is 1. The Morgan fingerprint density at radius 1 is 1.67 bits per heavy atom. The monoisotopic (exact) mass is 177 g/mol. The molecule has 0 saturated heterocycles. The van der Waals surface area contributed by atoms with Crippen LogP contribution < -0.4 is 0 Å². The Hall–Kier alpha value is -1.14. The average molecular weight is 177 g/mol. The van der Waals surface area contributed by atoms with Crippen molar-refractivity contribution in [1.82, 2.24) is 0 Å². The molecule has 0 fully saturated rings. The molecule has 0 radical (unpaired) electrons. The van der Waals surface area contributed by atoms with Crippen LogP contribution in [0.4, 0.5) is 0 Å². The molecule has 3 heteroatoms. The summed E-state index contributed by atoms with van der Waals surface area (Å²) in [6.07, 6.45) is 6.40. The molecule has 60 valence electrons. The van der Waals surface area contributed by atoms with Crippen molar-refractivity contribution in [3.05, 3.63) is 23.9 Å². The van der Waals surface area contributed by atoms with Gasteiger partial charge < -0.3 is 4.74 Å². The lowest BCUT2D eigenvalue weighted by atomic mass is 10.2. The second kappa shape index (κ2) is 3.08. The summed E-state index contributed by atoms with van der Waals surface area (Å²) < 4.78 is 5.24. The number of thiol groups is 1. The normalized spacial score (nSPS) is 29.6. The number of allylic oxidation sites excluding steroid dienone is 3. The second-order valence-corrected chi connectivity index (χ2v) is 2.82. The van der Waals surface area contributed by atoms with E-state index in [1.807, 2.05) is 18.2 Å². The molecule has 2 nitrogen and oxygen atoms in total. The molecule has 12 heavy (non-hydrogen) atoms. The van der Waals surface area contributed by atoms with Crippen molar-refractivity contribution in [3.63, 3.8) is 0 Å². The highest BCUT2D eigenvalue weighted by molar-refractivity contribution is 7.96. The minimum absolute atomic E-state index is 0.206. The van der Waals surface area contributed by atoms with Gasteiger partial charge in [0.15, 0.2) is 0 Å². The molecule has 1 atom stereocenters. The van der Waals surface area contributed by atoms with E-state index in [9.17, 15) is 0 Å². The Bertz CT molecular complexity index is 343. The fourth-order valence-electron chi connectivity index (χ4n) is 1.03. The Kier molecular flexibility index (Phi) is 1.92. The number of hydrogen-bond donors (Lipinski definition) is 1. The topological polar surface area (TPSA) is 21.6 Å². The van der Waals surface area contributed by atoms with Gasteiger partial charge in [0.05, 0.1) is 5.70 Å². The molecule has 0 saturated carbocycles. The molecule has 2 rings (SSSR count). The van der Waals surface area contributed by atoms with Crippen molar-refractivity contribution >= 4 is 17.9 Å². The lowest BCUT2D eigenvalue weighted by Crippen LogP contribution is -2.06. The molecule has 1 aliphatic carbocycles. The highest BCUT2D eigenvalue weighted by atomic mass is 32.1. The van der Waals surface area contributed by atoms with Gasteiger partial charge in [0.1, 0.15) is 0 Å². The van der Waals surface area contributed by atoms with Crippen LogP contribution in [-0.4, -0.2) is 11.3 Å². The van der Waals surface area contributed by atoms with Gasteiger partial charge in [-0.25, -0.2) is 4.99 Å². The smallest absolute Gasteiger partial charge is 0.249 e. The summed E-state index contributed by atoms with van der Waals surface area (Å²) in [5.74, 6) is 5.93. The average Bonchev–Trinajstić information content (AvgIpc) is 2.32. The summed E-state index contributed by atoms with van der Waals surface area (Å²) in [7, 11) is 0. The molecule has 0 bridgehead atoms. The first-order valence-electron chi connectivity index (χ1n) is 3.66. The molecule has 0 aromatic carbocycles. The zero-order valence-electron chi connectivity index (χ0n) is 6.32. The number of hydrogen-bond acceptors (Lipinski definition) is 2. The van der Waals surface area contributed by atoms with E-state index < -0.39 is 0 Å². The minimum atomic E-state index is -0.206. The van der Waals surface area contributed by atoms with Crippen LogP contribution in [0.1, 0.15) is 6.42 Å². The SMILES string of the molecule is SC1=N/C2=C/C=CCC#CC2O1. The standard InChI is InChI=1S/C9H7NOS/c12-9-10-7-5-3-1-2-4-6-8(7)11-9/h1,3,5,8H,2H2,(H,10,12)/b3-1?,7-5+. The summed E-state index contributed by atoms with van der Waals surface area (Å²) in [6.45, 7) is 0. The Morgan fingerprint density at radius 2 is 2.58 bits per heavy atom. The van der Waals surface area contributed by atoms with Gasteiger partial charge in [0.2, 0.25) is 11.3 Å². The number of fused-ring (bicyclic) bond motifs is 1. The van der Waals surface area contributed by atoms with Gasteiger partial charge in [0.25, 0.3) is 0 Å². The Labute approximate surface area is 76.4 Å². The Balaban J connectivity index is 2.34. The Morgan fingerprint density at radius 3 is 3.50 bits per heavy atom. The van der Waals surface area contributed by atoms with Crippen LogP contribution in [0.3, 0.4) is 0 Å². The second-order valence-electron chi connectivity index (χ2n) is 2.44. The third-order valence-corrected chi connectivity index (χ3v) is 1.78. The van der Waals surface area contributed by atoms with E-state index >= 15 is 0 Å². The fraction of sp³-hybridized carbons (Fsp3) is 0.222. The predicted octanol–water partition coefficient (Wildman–Crippen LogP) is 1.52. The first-order valence-corrected chi connectivity index (χ1v) is 4.10. The highest BCUT2D eigenvalue weighted by Crippen LogP contribution is 2.19. The lowest BCUT2D eigenvalue weighted by molar-refractivity contribution is 0.311. The summed E-state index contributed by atoms with van der Waals surface area (Å²) in [6, 6.07) is 0. The van der Waals surface area contributed by atoms with Gasteiger partial charge in [-0.2, -0.15) is 0 Å². The van der Waals surface area contributed by atoms with Gasteiger partial charge in [-0.1, -0.05) is 36.6 Å². The molecule has 1 aliphatic heterocycles. The first kappa shape index (κ1) is 7.51. The zero-order chi connectivity index (χ0) is 8.39. The van der Waals surface area contributed by atoms with E-state index in [1.54, 1.807) is 0 Å². The third-order valence-electron chi connectivity index (χ3n) is 1.57. The van der Waals surface area contributed by atoms with E-state index in [0.29, 0.717) is 5.23 Å². The van der Waals surface area contributed by atoms with Crippen LogP contribution in [-0.2, 0) is 4.74 Å². The van der Waals surface area contributed by atoms with Gasteiger partial charge in [-0.15, -0.1) is 0 Å². The molecule has 0 aromatic rings. The van der Waals surface area contributed by atoms with Crippen molar-refractivity contribution in [2.24, 2.45) is 4.99 Å². The zero-order valence-corrected chi connectivity index (χ0v) is 7.21. The van der Waals surface area contributed by atoms with Crippen molar-refractivity contribution < 1.29 is 4.74 Å². The van der Waals surface area contributed by atoms with Crippen molar-refractivity contribution in [1.29, 1.82) is 0 Å². The van der Waals surface area contributed by atoms with Gasteiger partial charge in [0, 0.05) is 6.42 Å².